The molecule has 1 aromatic heterocycles. The monoisotopic (exact) mass is 584 g/mol. The Morgan fingerprint density at radius 1 is 0.875 bits per heavy atom. The highest BCUT2D eigenvalue weighted by Gasteiger charge is 2.39. The molecule has 0 unspecified atom stereocenters. The summed E-state index contributed by atoms with van der Waals surface area (Å²) in [6, 6.07) is 8.35. The highest BCUT2D eigenvalue weighted by Crippen LogP contribution is 2.37. The zero-order chi connectivity index (χ0) is 28.5. The summed E-state index contributed by atoms with van der Waals surface area (Å²) < 4.78 is 81.0. The molecule has 0 bridgehead atoms. The van der Waals surface area contributed by atoms with Gasteiger partial charge in [0.25, 0.3) is 5.91 Å². The Hall–Kier alpha value is -2.70. The second-order valence-electron chi connectivity index (χ2n) is 10.3. The van der Waals surface area contributed by atoms with Crippen LogP contribution in [-0.2, 0) is 18.8 Å². The van der Waals surface area contributed by atoms with Crippen LogP contribution >= 0.6 is 11.8 Å². The van der Waals surface area contributed by atoms with Crippen molar-refractivity contribution in [2.45, 2.75) is 24.8 Å². The normalized spacial score (nSPS) is 19.9. The number of carbonyl (C=O) groups is 1. The second kappa shape index (κ2) is 11.7. The van der Waals surface area contributed by atoms with Crippen molar-refractivity contribution in [1.29, 1.82) is 0 Å². The molecule has 1 atom stereocenters. The van der Waals surface area contributed by atoms with Gasteiger partial charge in [0.05, 0.1) is 11.1 Å². The number of rotatable bonds is 6. The summed E-state index contributed by atoms with van der Waals surface area (Å²) in [5.41, 5.74) is -1.73. The van der Waals surface area contributed by atoms with Gasteiger partial charge in [0, 0.05) is 86.0 Å². The van der Waals surface area contributed by atoms with Crippen LogP contribution in [0.1, 0.15) is 27.0 Å². The molecule has 12 heteroatoms. The van der Waals surface area contributed by atoms with Gasteiger partial charge in [0.15, 0.2) is 0 Å². The van der Waals surface area contributed by atoms with Gasteiger partial charge in [-0.2, -0.15) is 38.1 Å². The molecule has 5 nitrogen and oxygen atoms in total. The highest BCUT2D eigenvalue weighted by atomic mass is 32.2. The molecule has 216 valence electrons. The van der Waals surface area contributed by atoms with Crippen LogP contribution in [0.25, 0.3) is 10.9 Å². The van der Waals surface area contributed by atoms with Gasteiger partial charge >= 0.3 is 12.4 Å². The van der Waals surface area contributed by atoms with Crippen molar-refractivity contribution in [3.05, 3.63) is 70.9 Å². The van der Waals surface area contributed by atoms with Gasteiger partial charge in [-0.15, -0.1) is 0 Å². The zero-order valence-electron chi connectivity index (χ0n) is 21.7. The number of nitrogens with one attached hydrogen (secondary N) is 1. The van der Waals surface area contributed by atoms with Gasteiger partial charge in [0.2, 0.25) is 0 Å². The molecule has 2 fully saturated rings. The molecule has 2 aromatic carbocycles. The molecular weight excluding hydrogens is 554 g/mol. The minimum absolute atomic E-state index is 0.0528. The lowest BCUT2D eigenvalue weighted by atomic mass is 9.98. The lowest BCUT2D eigenvalue weighted by Gasteiger charge is -2.42. The average molecular weight is 585 g/mol. The number of alkyl halides is 6. The van der Waals surface area contributed by atoms with E-state index in [0.29, 0.717) is 31.6 Å². The van der Waals surface area contributed by atoms with Crippen LogP contribution in [-0.4, -0.2) is 89.0 Å². The zero-order valence-corrected chi connectivity index (χ0v) is 22.5. The van der Waals surface area contributed by atoms with E-state index in [0.717, 1.165) is 54.2 Å². The molecule has 2 saturated heterocycles. The third kappa shape index (κ3) is 6.60. The molecule has 3 aromatic rings. The van der Waals surface area contributed by atoms with Crippen molar-refractivity contribution in [3.63, 3.8) is 0 Å². The molecular formula is C28H30F6N4OS. The van der Waals surface area contributed by atoms with E-state index < -0.39 is 41.0 Å². The number of halogens is 6. The van der Waals surface area contributed by atoms with Crippen molar-refractivity contribution in [2.24, 2.45) is 0 Å². The molecule has 0 spiro atoms. The van der Waals surface area contributed by atoms with Crippen LogP contribution in [0.2, 0.25) is 0 Å². The highest BCUT2D eigenvalue weighted by molar-refractivity contribution is 7.99. The number of carbonyl (C=O) groups excluding carboxylic acids is 1. The van der Waals surface area contributed by atoms with E-state index in [1.165, 1.54) is 4.90 Å². The van der Waals surface area contributed by atoms with Crippen molar-refractivity contribution in [2.75, 3.05) is 57.3 Å². The summed E-state index contributed by atoms with van der Waals surface area (Å²) in [5, 5.41) is 0.969. The maximum Gasteiger partial charge on any atom is 0.416 e. The number of thioether (sulfide) groups is 1. The Labute approximate surface area is 232 Å². The van der Waals surface area contributed by atoms with E-state index in [4.69, 9.17) is 0 Å². The van der Waals surface area contributed by atoms with E-state index in [1.807, 2.05) is 42.2 Å². The minimum Gasteiger partial charge on any atom is -0.361 e. The number of piperazine rings is 1. The number of hydrogen-bond acceptors (Lipinski definition) is 4. The van der Waals surface area contributed by atoms with Crippen molar-refractivity contribution in [1.82, 2.24) is 19.7 Å². The molecule has 5 rings (SSSR count). The van der Waals surface area contributed by atoms with Crippen LogP contribution in [0.5, 0.6) is 0 Å². The smallest absolute Gasteiger partial charge is 0.361 e. The molecule has 0 radical (unpaired) electrons. The van der Waals surface area contributed by atoms with E-state index >= 15 is 0 Å². The Bertz CT molecular complexity index is 1300. The number of hydrogen-bond donors (Lipinski definition) is 1. The maximum absolute atomic E-state index is 13.6. The van der Waals surface area contributed by atoms with Crippen LogP contribution in [0.4, 0.5) is 26.3 Å². The Morgan fingerprint density at radius 2 is 1.52 bits per heavy atom. The van der Waals surface area contributed by atoms with Crippen LogP contribution in [0.3, 0.4) is 0 Å². The predicted octanol–water partition coefficient (Wildman–Crippen LogP) is 5.62. The lowest BCUT2D eigenvalue weighted by Crippen LogP contribution is -2.57. The summed E-state index contributed by atoms with van der Waals surface area (Å²) in [4.78, 5) is 22.9. The molecule has 0 aliphatic carbocycles. The largest absolute Gasteiger partial charge is 0.416 e. The third-order valence-electron chi connectivity index (χ3n) is 7.63. The van der Waals surface area contributed by atoms with Crippen molar-refractivity contribution in [3.8, 4) is 0 Å². The van der Waals surface area contributed by atoms with Gasteiger partial charge < -0.3 is 14.8 Å². The molecule has 0 saturated carbocycles. The van der Waals surface area contributed by atoms with Gasteiger partial charge in [-0.1, -0.05) is 18.2 Å². The SMILES string of the molecule is O=C(c1cc(C(F)(F)F)cc(C(F)(F)F)c1)N1CCN(CCN2CCSCC2)C[C@H]1Cc1c[nH]c2ccccc12. The minimum atomic E-state index is -5.02. The Morgan fingerprint density at radius 3 is 2.20 bits per heavy atom. The number of nitrogens with zero attached hydrogens (tertiary/aromatic N) is 3. The summed E-state index contributed by atoms with van der Waals surface area (Å²) in [5.74, 6) is 1.35. The number of H-pyrrole nitrogens is 1. The molecule has 2 aliphatic rings. The van der Waals surface area contributed by atoms with E-state index in [2.05, 4.69) is 14.8 Å². The summed E-state index contributed by atoms with van der Waals surface area (Å²) in [6.07, 6.45) is -7.78. The van der Waals surface area contributed by atoms with E-state index in [-0.39, 0.29) is 12.6 Å². The van der Waals surface area contributed by atoms with Crippen LogP contribution in [0, 0.1) is 0 Å². The first-order valence-electron chi connectivity index (χ1n) is 13.2. The first-order valence-corrected chi connectivity index (χ1v) is 14.3. The first-order chi connectivity index (χ1) is 19.0. The number of para-hydroxylation sites is 1. The van der Waals surface area contributed by atoms with Crippen molar-refractivity contribution < 1.29 is 31.1 Å². The lowest BCUT2D eigenvalue weighted by molar-refractivity contribution is -0.143. The second-order valence-corrected chi connectivity index (χ2v) is 11.5. The summed E-state index contributed by atoms with van der Waals surface area (Å²) >= 11 is 1.93. The Kier molecular flexibility index (Phi) is 8.40. The fraction of sp³-hybridized carbons (Fsp3) is 0.464. The number of aromatic nitrogens is 1. The average Bonchev–Trinajstić information content (AvgIpc) is 3.34. The molecule has 1 N–H and O–H groups in total. The first kappa shape index (κ1) is 28.8. The number of amides is 1. The number of fused-ring (bicyclic) bond motifs is 1. The van der Waals surface area contributed by atoms with Gasteiger partial charge in [-0.3, -0.25) is 9.69 Å². The topological polar surface area (TPSA) is 42.6 Å². The molecule has 2 aliphatic heterocycles. The van der Waals surface area contributed by atoms with Crippen LogP contribution in [0.15, 0.2) is 48.7 Å². The number of benzene rings is 2. The Balaban J connectivity index is 1.42. The third-order valence-corrected chi connectivity index (χ3v) is 8.57. The standard InChI is InChI=1S/C28H30F6N4OS/c29-27(30,31)21-13-19(14-22(16-21)28(32,33)34)26(39)38-8-7-37(6-5-36-9-11-40-12-10-36)18-23(38)15-20-17-35-25-4-2-1-3-24(20)25/h1-4,13-14,16-17,23,35H,5-12,15,18H2/t23-/m1/s1. The quantitative estimate of drug-likeness (QED) is 0.382. The van der Waals surface area contributed by atoms with Crippen molar-refractivity contribution >= 4 is 28.6 Å². The molecule has 1 amide bonds. The number of aromatic amines is 1. The van der Waals surface area contributed by atoms with E-state index in [1.54, 1.807) is 0 Å². The van der Waals surface area contributed by atoms with Gasteiger partial charge in [-0.25, -0.2) is 0 Å². The predicted molar refractivity (Wildman–Crippen MR) is 143 cm³/mol. The fourth-order valence-electron chi connectivity index (χ4n) is 5.47. The fourth-order valence-corrected chi connectivity index (χ4v) is 6.45. The summed E-state index contributed by atoms with van der Waals surface area (Å²) in [6.45, 7) is 4.84. The van der Waals surface area contributed by atoms with E-state index in [9.17, 15) is 31.1 Å². The molecule has 40 heavy (non-hydrogen) atoms. The molecule has 3 heterocycles. The summed E-state index contributed by atoms with van der Waals surface area (Å²) in [7, 11) is 0. The van der Waals surface area contributed by atoms with Gasteiger partial charge in [0.1, 0.15) is 0 Å². The van der Waals surface area contributed by atoms with Crippen LogP contribution < -0.4 is 0 Å². The maximum atomic E-state index is 13.6. The van der Waals surface area contributed by atoms with Gasteiger partial charge in [-0.05, 0) is 36.2 Å².